The van der Waals surface area contributed by atoms with Gasteiger partial charge in [-0.2, -0.15) is 8.78 Å². The van der Waals surface area contributed by atoms with Crippen LogP contribution in [0.25, 0.3) is 10.9 Å². The van der Waals surface area contributed by atoms with E-state index in [9.17, 15) is 61.5 Å². The molecular weight excluding hydrogens is 1010 g/mol. The van der Waals surface area contributed by atoms with Crippen molar-refractivity contribution in [2.45, 2.75) is 93.4 Å². The lowest BCUT2D eigenvalue weighted by Gasteiger charge is -2.39. The number of piperidine rings is 1. The number of hydrogen-bond donors (Lipinski definition) is 8. The summed E-state index contributed by atoms with van der Waals surface area (Å²) in [4.78, 5) is 147. The van der Waals surface area contributed by atoms with Crippen LogP contribution >= 0.6 is 7.60 Å². The molecular formula is C52H52F2N9O12P. The molecule has 4 aliphatic heterocycles. The summed E-state index contributed by atoms with van der Waals surface area (Å²) in [6.45, 7) is 0.127. The number of imide groups is 2. The summed E-state index contributed by atoms with van der Waals surface area (Å²) in [5.41, 5.74) is 1.98. The number of halogens is 2. The monoisotopic (exact) mass is 1060 g/mol. The summed E-state index contributed by atoms with van der Waals surface area (Å²) >= 11 is 0. The van der Waals surface area contributed by atoms with Gasteiger partial charge in [0.2, 0.25) is 35.4 Å². The number of aromatic nitrogens is 1. The molecule has 1 unspecified atom stereocenters. The van der Waals surface area contributed by atoms with Crippen molar-refractivity contribution in [1.29, 1.82) is 0 Å². The molecule has 5 aromatic rings. The van der Waals surface area contributed by atoms with Crippen molar-refractivity contribution in [3.63, 3.8) is 0 Å². The summed E-state index contributed by atoms with van der Waals surface area (Å²) in [5.74, 6) is -6.36. The maximum absolute atomic E-state index is 15.1. The molecule has 3 saturated heterocycles. The van der Waals surface area contributed by atoms with Gasteiger partial charge < -0.3 is 41.4 Å². The zero-order chi connectivity index (χ0) is 54.2. The Kier molecular flexibility index (Phi) is 14.8. The molecule has 9 N–H and O–H groups in total. The summed E-state index contributed by atoms with van der Waals surface area (Å²) < 4.78 is 41.1. The second-order valence-electron chi connectivity index (χ2n) is 19.3. The number of H-pyrrole nitrogens is 1. The minimum atomic E-state index is -5.94. The van der Waals surface area contributed by atoms with E-state index in [1.165, 1.54) is 23.1 Å². The van der Waals surface area contributed by atoms with E-state index in [-0.39, 0.29) is 79.5 Å². The topological polar surface area (TPSA) is 311 Å². The first-order valence-electron chi connectivity index (χ1n) is 24.4. The Balaban J connectivity index is 0.983. The molecule has 1 aromatic heterocycles. The fourth-order valence-electron chi connectivity index (χ4n) is 10.4. The number of aromatic amines is 1. The molecule has 5 atom stereocenters. The first kappa shape index (κ1) is 52.9. The summed E-state index contributed by atoms with van der Waals surface area (Å²) in [7, 11) is -5.94. The zero-order valence-corrected chi connectivity index (χ0v) is 41.3. The van der Waals surface area contributed by atoms with Gasteiger partial charge in [-0.15, -0.1) is 0 Å². The van der Waals surface area contributed by atoms with E-state index in [1.54, 1.807) is 6.07 Å². The number of carbonyl (C=O) groups excluding carboxylic acids is 9. The molecule has 76 heavy (non-hydrogen) atoms. The average Bonchev–Trinajstić information content (AvgIpc) is 4.12. The highest BCUT2D eigenvalue weighted by molar-refractivity contribution is 7.52. The van der Waals surface area contributed by atoms with Crippen molar-refractivity contribution in [2.75, 3.05) is 13.1 Å². The number of nitrogens with one attached hydrogen (secondary N) is 5. The van der Waals surface area contributed by atoms with Crippen LogP contribution in [0.2, 0.25) is 0 Å². The van der Waals surface area contributed by atoms with Gasteiger partial charge in [-0.1, -0.05) is 72.8 Å². The number of nitrogens with two attached hydrogens (primary N) is 1. The Morgan fingerprint density at radius 1 is 0.816 bits per heavy atom. The second-order valence-corrected chi connectivity index (χ2v) is 20.9. The van der Waals surface area contributed by atoms with Gasteiger partial charge in [0.1, 0.15) is 29.9 Å². The minimum absolute atomic E-state index is 0.00710. The van der Waals surface area contributed by atoms with Gasteiger partial charge in [-0.25, -0.2) is 0 Å². The number of benzene rings is 4. The number of fused-ring (bicyclic) bond motifs is 3. The first-order chi connectivity index (χ1) is 36.2. The Labute approximate surface area is 432 Å². The van der Waals surface area contributed by atoms with Gasteiger partial charge in [-0.05, 0) is 79.1 Å². The van der Waals surface area contributed by atoms with Crippen molar-refractivity contribution < 1.29 is 66.3 Å². The first-order valence-corrected chi connectivity index (χ1v) is 26.0. The van der Waals surface area contributed by atoms with Gasteiger partial charge >= 0.3 is 13.3 Å². The molecule has 0 radical (unpaired) electrons. The maximum Gasteiger partial charge on any atom is 0.399 e. The standard InChI is InChI=1S/C52H52F2N9O12P/c53-52(54,76(73,74)75)32-12-15-36-31(24-32)25-38(56-36)46(67)58-39-27-61(26-28-11-14-34-35(23-28)50(71)63(49(34)70)41-18-20-43(65)59-48(41)69)22-21-33-13-17-40(62(33)51(39)72)47(68)57-37(16-19-42(55)64)45(66)60-44(29-7-3-1-4-8-29)30-9-5-2-6-10-30/h1-12,14-15,23-25,33,37,39-41,44,56H,13,16-22,26-27H2,(H2,55,64)(H,57,68)(H,58,67)(H,60,66)(H,59,65,69)(H2,73,74,75)/t33-,37+,39+,40+,41?/m1/s1. The minimum Gasteiger partial charge on any atom is -0.370 e. The smallest absolute Gasteiger partial charge is 0.370 e. The summed E-state index contributed by atoms with van der Waals surface area (Å²) in [5, 5.41) is 10.7. The molecule has 0 bridgehead atoms. The number of hydrogen-bond acceptors (Lipinski definition) is 11. The summed E-state index contributed by atoms with van der Waals surface area (Å²) in [6, 6.07) is 20.4. The normalized spacial score (nSPS) is 20.7. The molecule has 4 aliphatic rings. The van der Waals surface area contributed by atoms with E-state index < -0.39 is 108 Å². The van der Waals surface area contributed by atoms with Crippen LogP contribution in [0.4, 0.5) is 8.78 Å². The molecule has 396 valence electrons. The number of carbonyl (C=O) groups is 9. The summed E-state index contributed by atoms with van der Waals surface area (Å²) in [6.07, 6.45) is 0.207. The molecule has 24 heteroatoms. The van der Waals surface area contributed by atoms with Crippen molar-refractivity contribution in [1.82, 2.24) is 41.0 Å². The number of alkyl halides is 2. The van der Waals surface area contributed by atoms with Gasteiger partial charge in [0, 0.05) is 55.0 Å². The highest BCUT2D eigenvalue weighted by Crippen LogP contribution is 2.59. The third-order valence-corrected chi connectivity index (χ3v) is 15.2. The Morgan fingerprint density at radius 3 is 2.16 bits per heavy atom. The lowest BCUT2D eigenvalue weighted by atomic mass is 9.98. The lowest BCUT2D eigenvalue weighted by Crippen LogP contribution is -2.61. The number of nitrogens with zero attached hydrogens (tertiary/aromatic N) is 3. The van der Waals surface area contributed by atoms with Gasteiger partial charge in [-0.3, -0.25) is 62.8 Å². The van der Waals surface area contributed by atoms with Crippen LogP contribution in [0, 0.1) is 0 Å². The lowest BCUT2D eigenvalue weighted by molar-refractivity contribution is -0.144. The van der Waals surface area contributed by atoms with Gasteiger partial charge in [0.15, 0.2) is 0 Å². The molecule has 0 saturated carbocycles. The van der Waals surface area contributed by atoms with Crippen molar-refractivity contribution in [3.8, 4) is 0 Å². The van der Waals surface area contributed by atoms with E-state index in [0.717, 1.165) is 34.2 Å². The third kappa shape index (κ3) is 10.8. The van der Waals surface area contributed by atoms with Crippen molar-refractivity contribution in [3.05, 3.63) is 142 Å². The molecule has 3 fully saturated rings. The Morgan fingerprint density at radius 2 is 1.50 bits per heavy atom. The highest BCUT2D eigenvalue weighted by atomic mass is 31.2. The van der Waals surface area contributed by atoms with Crippen LogP contribution in [-0.4, -0.2) is 126 Å². The van der Waals surface area contributed by atoms with E-state index in [0.29, 0.717) is 18.4 Å². The van der Waals surface area contributed by atoms with Crippen molar-refractivity contribution in [2.24, 2.45) is 5.73 Å². The van der Waals surface area contributed by atoms with Crippen LogP contribution in [0.3, 0.4) is 0 Å². The molecule has 4 aromatic carbocycles. The van der Waals surface area contributed by atoms with Crippen LogP contribution in [0.5, 0.6) is 0 Å². The average molecular weight is 1060 g/mol. The van der Waals surface area contributed by atoms with E-state index in [4.69, 9.17) is 5.73 Å². The molecule has 0 spiro atoms. The maximum atomic E-state index is 15.1. The number of rotatable bonds is 16. The second kappa shape index (κ2) is 21.3. The van der Waals surface area contributed by atoms with Crippen LogP contribution < -0.4 is 27.0 Å². The van der Waals surface area contributed by atoms with Crippen LogP contribution in [0.15, 0.2) is 103 Å². The van der Waals surface area contributed by atoms with Crippen LogP contribution in [0.1, 0.15) is 104 Å². The fraction of sp³-hybridized carbons (Fsp3) is 0.327. The molecule has 5 heterocycles. The van der Waals surface area contributed by atoms with Crippen LogP contribution in [-0.2, 0) is 45.5 Å². The van der Waals surface area contributed by atoms with Gasteiger partial charge in [0.05, 0.1) is 17.2 Å². The molecule has 0 aliphatic carbocycles. The number of primary amides is 1. The Hall–Kier alpha value is -7.98. The van der Waals surface area contributed by atoms with E-state index in [2.05, 4.69) is 26.3 Å². The molecule has 9 amide bonds. The SMILES string of the molecule is NC(=O)CC[C@H](NC(=O)[C@@H]1CC[C@@H]2CCN(Cc3ccc4c(c3)C(=O)N(C3CCC(=O)NC3=O)C4=O)C[C@H](NC(=O)c3cc4cc(C(F)(F)P(=O)(O)O)ccc4[nH]3)C(=O)N21)C(=O)NC(c1ccccc1)c1ccccc1. The highest BCUT2D eigenvalue weighted by Gasteiger charge is 2.51. The fourth-order valence-corrected chi connectivity index (χ4v) is 10.9. The predicted octanol–water partition coefficient (Wildman–Crippen LogP) is 2.82. The Bertz CT molecular complexity index is 3190. The van der Waals surface area contributed by atoms with Gasteiger partial charge in [0.25, 0.3) is 17.7 Å². The molecule has 21 nitrogen and oxygen atoms in total. The largest absolute Gasteiger partial charge is 0.399 e. The van der Waals surface area contributed by atoms with E-state index >= 15 is 4.79 Å². The third-order valence-electron chi connectivity index (χ3n) is 14.2. The zero-order valence-electron chi connectivity index (χ0n) is 40.4. The predicted molar refractivity (Wildman–Crippen MR) is 265 cm³/mol. The van der Waals surface area contributed by atoms with Crippen molar-refractivity contribution >= 4 is 71.7 Å². The number of amides is 9. The molecule has 9 rings (SSSR count). The quantitative estimate of drug-likeness (QED) is 0.0522. The van der Waals surface area contributed by atoms with E-state index in [1.807, 2.05) is 65.6 Å².